The van der Waals surface area contributed by atoms with Crippen LogP contribution in [0.4, 0.5) is 5.69 Å². The number of halogens is 1. The summed E-state index contributed by atoms with van der Waals surface area (Å²) in [5.74, 6) is 0.155. The smallest absolute Gasteiger partial charge is 0.0830 e. The van der Waals surface area contributed by atoms with Crippen molar-refractivity contribution in [1.82, 2.24) is 0 Å². The summed E-state index contributed by atoms with van der Waals surface area (Å²) in [5.41, 5.74) is 3.31. The fraction of sp³-hybridized carbons (Fsp3) is 0.538. The molecule has 1 aliphatic rings. The van der Waals surface area contributed by atoms with Gasteiger partial charge in [-0.15, -0.1) is 0 Å². The molecule has 0 saturated carbocycles. The van der Waals surface area contributed by atoms with Crippen LogP contribution in [0.25, 0.3) is 0 Å². The summed E-state index contributed by atoms with van der Waals surface area (Å²) in [7, 11) is 0. The van der Waals surface area contributed by atoms with Gasteiger partial charge in [0, 0.05) is 16.1 Å². The van der Waals surface area contributed by atoms with Gasteiger partial charge in [0.2, 0.25) is 0 Å². The first-order valence-corrected chi connectivity index (χ1v) is 6.38. The van der Waals surface area contributed by atoms with E-state index in [9.17, 15) is 5.11 Å². The third kappa shape index (κ3) is 1.76. The Balaban J connectivity index is 2.59. The Morgan fingerprint density at radius 1 is 1.38 bits per heavy atom. The van der Waals surface area contributed by atoms with Gasteiger partial charge in [-0.05, 0) is 44.0 Å². The first-order valence-electron chi connectivity index (χ1n) is 5.59. The Bertz CT molecular complexity index is 428. The highest BCUT2D eigenvalue weighted by Gasteiger charge is 2.38. The molecule has 1 aromatic rings. The molecular formula is C13H18BrNO. The maximum atomic E-state index is 10.3. The van der Waals surface area contributed by atoms with Crippen molar-refractivity contribution < 1.29 is 5.11 Å². The van der Waals surface area contributed by atoms with Crippen LogP contribution in [0.1, 0.15) is 37.8 Å². The third-order valence-corrected chi connectivity index (χ3v) is 3.94. The molecule has 1 aliphatic heterocycles. The molecule has 2 rings (SSSR count). The van der Waals surface area contributed by atoms with Gasteiger partial charge in [-0.25, -0.2) is 0 Å². The van der Waals surface area contributed by atoms with Crippen LogP contribution in [-0.2, 0) is 0 Å². The number of hydrogen-bond acceptors (Lipinski definition) is 2. The van der Waals surface area contributed by atoms with Gasteiger partial charge >= 0.3 is 0 Å². The Morgan fingerprint density at radius 2 is 2.00 bits per heavy atom. The molecule has 88 valence electrons. The Kier molecular flexibility index (Phi) is 2.79. The molecule has 2 N–H and O–H groups in total. The topological polar surface area (TPSA) is 32.3 Å². The summed E-state index contributed by atoms with van der Waals surface area (Å²) in [6.07, 6.45) is -0.367. The van der Waals surface area contributed by atoms with E-state index >= 15 is 0 Å². The molecule has 1 aromatic carbocycles. The maximum Gasteiger partial charge on any atom is 0.0830 e. The standard InChI is InChI=1S/C13H18BrNO/c1-7-5-9(14)6-10-8(2)12(16)13(3,4)15-11(7)10/h5-6,8,12,15-16H,1-4H3/t8-,12+/m0/s1. The van der Waals surface area contributed by atoms with Crippen molar-refractivity contribution in [2.75, 3.05) is 5.32 Å². The van der Waals surface area contributed by atoms with E-state index in [-0.39, 0.29) is 17.6 Å². The Labute approximate surface area is 105 Å². The minimum absolute atomic E-state index is 0.155. The van der Waals surface area contributed by atoms with Gasteiger partial charge in [0.25, 0.3) is 0 Å². The maximum absolute atomic E-state index is 10.3. The van der Waals surface area contributed by atoms with Gasteiger partial charge in [-0.3, -0.25) is 0 Å². The molecule has 0 bridgehead atoms. The van der Waals surface area contributed by atoms with Crippen LogP contribution in [0.2, 0.25) is 0 Å². The van der Waals surface area contributed by atoms with Crippen molar-refractivity contribution in [1.29, 1.82) is 0 Å². The lowest BCUT2D eigenvalue weighted by atomic mass is 9.78. The van der Waals surface area contributed by atoms with Gasteiger partial charge in [0.15, 0.2) is 0 Å². The summed E-state index contributed by atoms with van der Waals surface area (Å²) in [4.78, 5) is 0. The summed E-state index contributed by atoms with van der Waals surface area (Å²) in [5, 5.41) is 13.7. The van der Waals surface area contributed by atoms with Crippen LogP contribution < -0.4 is 5.32 Å². The number of aryl methyl sites for hydroxylation is 1. The Hall–Kier alpha value is -0.540. The second-order valence-corrected chi connectivity index (χ2v) is 6.18. The lowest BCUT2D eigenvalue weighted by molar-refractivity contribution is 0.0868. The number of fused-ring (bicyclic) bond motifs is 1. The zero-order chi connectivity index (χ0) is 12.1. The summed E-state index contributed by atoms with van der Waals surface area (Å²) < 4.78 is 1.07. The van der Waals surface area contributed by atoms with E-state index in [0.717, 1.165) is 4.47 Å². The van der Waals surface area contributed by atoms with Crippen LogP contribution >= 0.6 is 15.9 Å². The van der Waals surface area contributed by atoms with E-state index in [0.29, 0.717) is 0 Å². The number of rotatable bonds is 0. The van der Waals surface area contributed by atoms with E-state index in [4.69, 9.17) is 0 Å². The van der Waals surface area contributed by atoms with Crippen LogP contribution in [0, 0.1) is 6.92 Å². The second-order valence-electron chi connectivity index (χ2n) is 5.27. The van der Waals surface area contributed by atoms with Crippen molar-refractivity contribution in [2.24, 2.45) is 0 Å². The first kappa shape index (κ1) is 11.9. The van der Waals surface area contributed by atoms with Crippen LogP contribution in [0.5, 0.6) is 0 Å². The van der Waals surface area contributed by atoms with Crippen molar-refractivity contribution in [2.45, 2.75) is 45.3 Å². The van der Waals surface area contributed by atoms with Gasteiger partial charge in [0.05, 0.1) is 11.6 Å². The number of hydrogen-bond donors (Lipinski definition) is 2. The SMILES string of the molecule is Cc1cc(Br)cc2c1NC(C)(C)[C@H](O)[C@H]2C. The monoisotopic (exact) mass is 283 g/mol. The highest BCUT2D eigenvalue weighted by Crippen LogP contribution is 2.41. The highest BCUT2D eigenvalue weighted by molar-refractivity contribution is 9.10. The van der Waals surface area contributed by atoms with Crippen LogP contribution in [0.3, 0.4) is 0 Å². The molecule has 0 radical (unpaired) electrons. The van der Waals surface area contributed by atoms with Gasteiger partial charge in [0.1, 0.15) is 0 Å². The molecule has 0 amide bonds. The first-order chi connectivity index (χ1) is 7.33. The van der Waals surface area contributed by atoms with Crippen molar-refractivity contribution in [3.8, 4) is 0 Å². The number of nitrogens with one attached hydrogen (secondary N) is 1. The van der Waals surface area contributed by atoms with Crippen molar-refractivity contribution in [3.63, 3.8) is 0 Å². The lowest BCUT2D eigenvalue weighted by Crippen LogP contribution is -2.50. The second kappa shape index (κ2) is 3.74. The number of benzene rings is 1. The molecule has 2 atom stereocenters. The quantitative estimate of drug-likeness (QED) is 0.765. The van der Waals surface area contributed by atoms with Crippen molar-refractivity contribution >= 4 is 21.6 Å². The Morgan fingerprint density at radius 3 is 2.62 bits per heavy atom. The van der Waals surface area contributed by atoms with Crippen molar-refractivity contribution in [3.05, 3.63) is 27.7 Å². The van der Waals surface area contributed by atoms with Gasteiger partial charge in [-0.2, -0.15) is 0 Å². The number of aliphatic hydroxyl groups is 1. The van der Waals surface area contributed by atoms with Gasteiger partial charge < -0.3 is 10.4 Å². The highest BCUT2D eigenvalue weighted by atomic mass is 79.9. The zero-order valence-electron chi connectivity index (χ0n) is 10.1. The summed E-state index contributed by atoms with van der Waals surface area (Å²) >= 11 is 3.51. The molecule has 0 saturated heterocycles. The average Bonchev–Trinajstić information content (AvgIpc) is 2.17. The minimum Gasteiger partial charge on any atom is -0.390 e. The normalized spacial score (nSPS) is 27.1. The van der Waals surface area contributed by atoms with E-state index < -0.39 is 0 Å². The largest absolute Gasteiger partial charge is 0.390 e. The van der Waals surface area contributed by atoms with Gasteiger partial charge in [-0.1, -0.05) is 22.9 Å². The molecule has 0 aromatic heterocycles. The fourth-order valence-electron chi connectivity index (χ4n) is 2.49. The summed E-state index contributed by atoms with van der Waals surface area (Å²) in [6, 6.07) is 4.20. The molecule has 16 heavy (non-hydrogen) atoms. The molecule has 2 nitrogen and oxygen atoms in total. The zero-order valence-corrected chi connectivity index (χ0v) is 11.7. The lowest BCUT2D eigenvalue weighted by Gasteiger charge is -2.43. The van der Waals surface area contributed by atoms with E-state index in [2.05, 4.69) is 47.2 Å². The van der Waals surface area contributed by atoms with Crippen LogP contribution in [-0.4, -0.2) is 16.7 Å². The van der Waals surface area contributed by atoms with Crippen LogP contribution in [0.15, 0.2) is 16.6 Å². The molecular weight excluding hydrogens is 266 g/mol. The average molecular weight is 284 g/mol. The minimum atomic E-state index is -0.367. The van der Waals surface area contributed by atoms with E-state index in [1.165, 1.54) is 16.8 Å². The predicted molar refractivity (Wildman–Crippen MR) is 71.0 cm³/mol. The molecule has 1 heterocycles. The summed E-state index contributed by atoms with van der Waals surface area (Å²) in [6.45, 7) is 8.26. The molecule has 0 unspecified atom stereocenters. The fourth-order valence-corrected chi connectivity index (χ4v) is 3.08. The van der Waals surface area contributed by atoms with E-state index in [1.54, 1.807) is 0 Å². The number of anilines is 1. The molecule has 0 fully saturated rings. The third-order valence-electron chi connectivity index (χ3n) is 3.48. The van der Waals surface area contributed by atoms with E-state index in [1.807, 2.05) is 13.8 Å². The molecule has 0 aliphatic carbocycles. The number of aliphatic hydroxyl groups excluding tert-OH is 1. The molecule has 3 heteroatoms. The predicted octanol–water partition coefficient (Wildman–Crippen LogP) is 3.43. The molecule has 0 spiro atoms.